The van der Waals surface area contributed by atoms with Crippen molar-refractivity contribution in [1.29, 1.82) is 0 Å². The van der Waals surface area contributed by atoms with E-state index in [2.05, 4.69) is 19.7 Å². The van der Waals surface area contributed by atoms with Crippen molar-refractivity contribution in [3.8, 4) is 0 Å². The van der Waals surface area contributed by atoms with Gasteiger partial charge in [-0.05, 0) is 31.2 Å². The molecule has 4 nitrogen and oxygen atoms in total. The van der Waals surface area contributed by atoms with Crippen LogP contribution in [0.1, 0.15) is 5.56 Å². The molecule has 0 spiro atoms. The third-order valence-corrected chi connectivity index (χ3v) is 8.31. The van der Waals surface area contributed by atoms with Gasteiger partial charge in [0.25, 0.3) is 10.0 Å². The second kappa shape index (κ2) is 6.93. The third kappa shape index (κ3) is 3.97. The minimum atomic E-state index is -3.98. The first-order chi connectivity index (χ1) is 10.4. The molecule has 22 heavy (non-hydrogen) atoms. The van der Waals surface area contributed by atoms with E-state index in [1.54, 1.807) is 42.5 Å². The summed E-state index contributed by atoms with van der Waals surface area (Å²) in [6.45, 7) is 1.87. The van der Waals surface area contributed by atoms with E-state index >= 15 is 0 Å². The van der Waals surface area contributed by atoms with Crippen LogP contribution in [0.25, 0.3) is 0 Å². The predicted octanol–water partition coefficient (Wildman–Crippen LogP) is 3.61. The summed E-state index contributed by atoms with van der Waals surface area (Å²) in [5.74, 6) is 0.127. The smallest absolute Gasteiger partial charge is 0.244 e. The average molecular weight is 402 g/mol. The first kappa shape index (κ1) is 17.2. The van der Waals surface area contributed by atoms with Gasteiger partial charge in [0.2, 0.25) is 0 Å². The molecule has 1 atom stereocenters. The third-order valence-electron chi connectivity index (χ3n) is 3.00. The van der Waals surface area contributed by atoms with Gasteiger partial charge in [-0.15, -0.1) is 3.77 Å². The number of benzene rings is 2. The molecule has 2 aromatic rings. The van der Waals surface area contributed by atoms with E-state index in [9.17, 15) is 12.6 Å². The zero-order valence-electron chi connectivity index (χ0n) is 12.0. The lowest BCUT2D eigenvalue weighted by molar-refractivity contribution is 0.598. The van der Waals surface area contributed by atoms with Crippen molar-refractivity contribution in [2.24, 2.45) is 3.77 Å². The van der Waals surface area contributed by atoms with Gasteiger partial charge in [0.05, 0.1) is 14.6 Å². The Bertz CT molecular complexity index is 853. The summed E-state index contributed by atoms with van der Waals surface area (Å²) in [5, 5.41) is 0.396. The maximum atomic E-state index is 13.1. The van der Waals surface area contributed by atoms with Gasteiger partial charge in [-0.3, -0.25) is 0 Å². The lowest BCUT2D eigenvalue weighted by atomic mass is 10.2. The number of sulfonamides is 1. The second-order valence-corrected chi connectivity index (χ2v) is 9.68. The molecule has 0 saturated heterocycles. The quantitative estimate of drug-likeness (QED) is 0.718. The van der Waals surface area contributed by atoms with Crippen LogP contribution < -0.4 is 0 Å². The summed E-state index contributed by atoms with van der Waals surface area (Å²) in [7, 11) is -7.02. The molecular weight excluding hydrogens is 386 g/mol. The van der Waals surface area contributed by atoms with Crippen LogP contribution in [0, 0.1) is 6.92 Å². The molecule has 0 N–H and O–H groups in total. The van der Waals surface area contributed by atoms with Crippen LogP contribution in [0.2, 0.25) is 0 Å². The average Bonchev–Trinajstić information content (AvgIpc) is 2.48. The molecule has 1 unspecified atom stereocenters. The fraction of sp³-hybridized carbons (Fsp3) is 0.200. The molecule has 0 heterocycles. The van der Waals surface area contributed by atoms with Crippen LogP contribution in [0.3, 0.4) is 0 Å². The highest BCUT2D eigenvalue weighted by molar-refractivity contribution is 9.09. The Balaban J connectivity index is 2.59. The second-order valence-electron chi connectivity index (χ2n) is 4.71. The molecule has 2 rings (SSSR count). The van der Waals surface area contributed by atoms with Gasteiger partial charge >= 0.3 is 0 Å². The largest absolute Gasteiger partial charge is 0.290 e. The minimum Gasteiger partial charge on any atom is -0.244 e. The Labute approximate surface area is 139 Å². The number of nitrogens with zero attached hydrogens (tertiary/aromatic N) is 1. The van der Waals surface area contributed by atoms with E-state index < -0.39 is 19.8 Å². The molecule has 0 aromatic heterocycles. The van der Waals surface area contributed by atoms with Crippen molar-refractivity contribution in [2.75, 3.05) is 11.1 Å². The van der Waals surface area contributed by atoms with Crippen LogP contribution in [0.15, 0.2) is 68.2 Å². The summed E-state index contributed by atoms with van der Waals surface area (Å²) in [6.07, 6.45) is 0. The maximum Gasteiger partial charge on any atom is 0.290 e. The Morgan fingerprint density at radius 1 is 0.909 bits per heavy atom. The minimum absolute atomic E-state index is 0.0522. The van der Waals surface area contributed by atoms with Crippen molar-refractivity contribution in [1.82, 2.24) is 0 Å². The zero-order chi connectivity index (χ0) is 16.2. The van der Waals surface area contributed by atoms with Gasteiger partial charge < -0.3 is 0 Å². The van der Waals surface area contributed by atoms with Crippen molar-refractivity contribution >= 4 is 35.7 Å². The van der Waals surface area contributed by atoms with Gasteiger partial charge in [-0.25, -0.2) is 4.21 Å². The molecule has 0 aliphatic heterocycles. The van der Waals surface area contributed by atoms with Crippen LogP contribution in [-0.4, -0.2) is 23.7 Å². The van der Waals surface area contributed by atoms with Gasteiger partial charge in [-0.1, -0.05) is 51.8 Å². The number of halogens is 1. The van der Waals surface area contributed by atoms with E-state index in [1.807, 2.05) is 6.92 Å². The van der Waals surface area contributed by atoms with Gasteiger partial charge in [0, 0.05) is 16.0 Å². The zero-order valence-corrected chi connectivity index (χ0v) is 15.2. The highest BCUT2D eigenvalue weighted by atomic mass is 79.9. The van der Waals surface area contributed by atoms with Crippen molar-refractivity contribution < 1.29 is 12.6 Å². The van der Waals surface area contributed by atoms with Gasteiger partial charge in [-0.2, -0.15) is 8.42 Å². The van der Waals surface area contributed by atoms with Crippen LogP contribution >= 0.6 is 15.9 Å². The number of rotatable bonds is 5. The molecular formula is C15H16BrNO3S2. The summed E-state index contributed by atoms with van der Waals surface area (Å²) in [6, 6.07) is 14.8. The van der Waals surface area contributed by atoms with E-state index in [0.29, 0.717) is 10.2 Å². The Morgan fingerprint density at radius 2 is 1.50 bits per heavy atom. The van der Waals surface area contributed by atoms with E-state index in [1.165, 1.54) is 12.1 Å². The Morgan fingerprint density at radius 3 is 2.05 bits per heavy atom. The molecule has 0 bridgehead atoms. The Kier molecular flexibility index (Phi) is 5.41. The first-order valence-corrected chi connectivity index (χ1v) is 10.8. The first-order valence-electron chi connectivity index (χ1n) is 6.56. The van der Waals surface area contributed by atoms with Gasteiger partial charge in [0.1, 0.15) is 0 Å². The fourth-order valence-electron chi connectivity index (χ4n) is 1.85. The summed E-state index contributed by atoms with van der Waals surface area (Å²) in [4.78, 5) is 0.474. The van der Waals surface area contributed by atoms with E-state index in [4.69, 9.17) is 0 Å². The highest BCUT2D eigenvalue weighted by Gasteiger charge is 2.20. The molecule has 118 valence electrons. The molecule has 0 amide bonds. The van der Waals surface area contributed by atoms with Crippen LogP contribution in [0.4, 0.5) is 0 Å². The molecule has 0 saturated carbocycles. The van der Waals surface area contributed by atoms with Crippen molar-refractivity contribution in [2.45, 2.75) is 16.7 Å². The number of aryl methyl sites for hydroxylation is 1. The molecule has 2 aromatic carbocycles. The SMILES string of the molecule is Cc1ccc(S(=O)(=O)N=S(=O)(CCBr)c2ccccc2)cc1. The van der Waals surface area contributed by atoms with Crippen LogP contribution in [0.5, 0.6) is 0 Å². The Hall–Kier alpha value is -1.18. The highest BCUT2D eigenvalue weighted by Crippen LogP contribution is 2.21. The molecule has 0 aliphatic rings. The van der Waals surface area contributed by atoms with Gasteiger partial charge in [0.15, 0.2) is 0 Å². The summed E-state index contributed by atoms with van der Waals surface area (Å²) < 4.78 is 41.7. The summed E-state index contributed by atoms with van der Waals surface area (Å²) in [5.41, 5.74) is 0.947. The standard InChI is InChI=1S/C15H16BrNO3S2/c1-13-7-9-15(10-8-13)22(19,20)17-21(18,12-11-16)14-5-3-2-4-6-14/h2-10H,11-12H2,1H3. The van der Waals surface area contributed by atoms with Crippen LogP contribution in [-0.2, 0) is 19.8 Å². The normalized spacial score (nSPS) is 14.3. The molecule has 0 aliphatic carbocycles. The number of alkyl halides is 1. The molecule has 7 heteroatoms. The van der Waals surface area contributed by atoms with E-state index in [-0.39, 0.29) is 10.6 Å². The fourth-order valence-corrected chi connectivity index (χ4v) is 6.93. The molecule has 0 fully saturated rings. The topological polar surface area (TPSA) is 63.6 Å². The lowest BCUT2D eigenvalue weighted by Gasteiger charge is -2.09. The van der Waals surface area contributed by atoms with Crippen molar-refractivity contribution in [3.05, 3.63) is 60.2 Å². The van der Waals surface area contributed by atoms with E-state index in [0.717, 1.165) is 5.56 Å². The monoisotopic (exact) mass is 401 g/mol. The maximum absolute atomic E-state index is 13.1. The van der Waals surface area contributed by atoms with Crippen molar-refractivity contribution in [3.63, 3.8) is 0 Å². The number of hydrogen-bond acceptors (Lipinski definition) is 3. The lowest BCUT2D eigenvalue weighted by Crippen LogP contribution is -2.11. The summed E-state index contributed by atoms with van der Waals surface area (Å²) >= 11 is 3.22. The predicted molar refractivity (Wildman–Crippen MR) is 92.3 cm³/mol. The molecule has 0 radical (unpaired) electrons. The number of hydrogen-bond donors (Lipinski definition) is 0.